The Hall–Kier alpha value is -2.74. The predicted molar refractivity (Wildman–Crippen MR) is 131 cm³/mol. The zero-order chi connectivity index (χ0) is 21.8. The Morgan fingerprint density at radius 3 is 2.48 bits per heavy atom. The van der Waals surface area contributed by atoms with Crippen LogP contribution >= 0.6 is 39.9 Å². The van der Waals surface area contributed by atoms with Crippen molar-refractivity contribution >= 4 is 62.2 Å². The van der Waals surface area contributed by atoms with Crippen LogP contribution in [-0.4, -0.2) is 21.1 Å². The van der Waals surface area contributed by atoms with Crippen LogP contribution in [0.1, 0.15) is 21.5 Å². The maximum Gasteiger partial charge on any atom is 0.343 e. The van der Waals surface area contributed by atoms with Crippen LogP contribution in [0.15, 0.2) is 88.2 Å². The van der Waals surface area contributed by atoms with Gasteiger partial charge in [-0.05, 0) is 47.5 Å². The Labute approximate surface area is 198 Å². The number of hydrogen-bond acceptors (Lipinski definition) is 5. The first kappa shape index (κ1) is 21.5. The van der Waals surface area contributed by atoms with Gasteiger partial charge in [0.1, 0.15) is 10.1 Å². The number of amides is 1. The summed E-state index contributed by atoms with van der Waals surface area (Å²) in [7, 11) is 0. The van der Waals surface area contributed by atoms with Gasteiger partial charge in [0.25, 0.3) is 5.91 Å². The highest BCUT2D eigenvalue weighted by Crippen LogP contribution is 2.33. The number of hydrogen-bond donors (Lipinski definition) is 0. The minimum atomic E-state index is -0.434. The smallest absolute Gasteiger partial charge is 0.343 e. The molecular weight excluding hydrogens is 494 g/mol. The van der Waals surface area contributed by atoms with Crippen LogP contribution in [0.3, 0.4) is 0 Å². The molecule has 0 aromatic heterocycles. The van der Waals surface area contributed by atoms with Crippen molar-refractivity contribution in [1.82, 2.24) is 4.90 Å². The van der Waals surface area contributed by atoms with Crippen molar-refractivity contribution in [3.8, 4) is 5.75 Å². The second kappa shape index (κ2) is 9.60. The summed E-state index contributed by atoms with van der Waals surface area (Å²) in [6.07, 6.45) is 1.80. The number of carbonyl (C=O) groups excluding carboxylic acids is 2. The van der Waals surface area contributed by atoms with Crippen LogP contribution in [0, 0.1) is 0 Å². The molecule has 0 aliphatic carbocycles. The van der Waals surface area contributed by atoms with Crippen molar-refractivity contribution in [2.75, 3.05) is 0 Å². The molecule has 4 nitrogen and oxygen atoms in total. The third kappa shape index (κ3) is 5.31. The summed E-state index contributed by atoms with van der Waals surface area (Å²) in [5.74, 6) is -0.112. The summed E-state index contributed by atoms with van der Waals surface area (Å²) in [6, 6.07) is 23.8. The van der Waals surface area contributed by atoms with Gasteiger partial charge in [-0.2, -0.15) is 0 Å². The highest BCUT2D eigenvalue weighted by molar-refractivity contribution is 9.10. The molecule has 0 radical (unpaired) electrons. The molecule has 0 atom stereocenters. The zero-order valence-corrected chi connectivity index (χ0v) is 19.4. The van der Waals surface area contributed by atoms with Crippen molar-refractivity contribution < 1.29 is 14.3 Å². The molecule has 1 amide bonds. The van der Waals surface area contributed by atoms with Crippen LogP contribution in [0.2, 0.25) is 0 Å². The SMILES string of the molecule is O=C(Oc1ccc(/C=C2\SC(=S)N(Cc3ccccc3)C2=O)cc1)c1cccc(Br)c1. The highest BCUT2D eigenvalue weighted by atomic mass is 79.9. The number of thiocarbonyl (C=S) groups is 1. The summed E-state index contributed by atoms with van der Waals surface area (Å²) >= 11 is 10.0. The Bertz CT molecular complexity index is 1180. The molecule has 1 heterocycles. The quantitative estimate of drug-likeness (QED) is 0.181. The topological polar surface area (TPSA) is 46.6 Å². The molecule has 4 rings (SSSR count). The lowest BCUT2D eigenvalue weighted by atomic mass is 10.2. The Kier molecular flexibility index (Phi) is 6.65. The zero-order valence-electron chi connectivity index (χ0n) is 16.2. The fourth-order valence-electron chi connectivity index (χ4n) is 2.97. The van der Waals surface area contributed by atoms with Crippen LogP contribution < -0.4 is 4.74 Å². The first-order valence-corrected chi connectivity index (χ1v) is 11.4. The van der Waals surface area contributed by atoms with E-state index in [1.165, 1.54) is 11.8 Å². The molecule has 0 N–H and O–H groups in total. The molecule has 0 unspecified atom stereocenters. The normalized spacial score (nSPS) is 14.9. The Morgan fingerprint density at radius 2 is 1.77 bits per heavy atom. The van der Waals surface area contributed by atoms with E-state index >= 15 is 0 Å². The van der Waals surface area contributed by atoms with Crippen molar-refractivity contribution in [3.05, 3.63) is 105 Å². The molecule has 0 spiro atoms. The second-order valence-electron chi connectivity index (χ2n) is 6.72. The molecule has 1 aliphatic rings. The van der Waals surface area contributed by atoms with Gasteiger partial charge < -0.3 is 4.74 Å². The van der Waals surface area contributed by atoms with Crippen LogP contribution in [-0.2, 0) is 11.3 Å². The lowest BCUT2D eigenvalue weighted by Gasteiger charge is -2.14. The molecule has 7 heteroatoms. The molecule has 1 saturated heterocycles. The Balaban J connectivity index is 1.44. The number of rotatable bonds is 5. The van der Waals surface area contributed by atoms with E-state index in [0.717, 1.165) is 15.6 Å². The predicted octanol–water partition coefficient (Wildman–Crippen LogP) is 6.07. The van der Waals surface area contributed by atoms with E-state index in [1.54, 1.807) is 53.4 Å². The van der Waals surface area contributed by atoms with Gasteiger partial charge in [0.15, 0.2) is 0 Å². The minimum absolute atomic E-state index is 0.107. The molecule has 0 bridgehead atoms. The van der Waals surface area contributed by atoms with Crippen LogP contribution in [0.4, 0.5) is 0 Å². The van der Waals surface area contributed by atoms with E-state index in [-0.39, 0.29) is 5.91 Å². The molecule has 31 heavy (non-hydrogen) atoms. The summed E-state index contributed by atoms with van der Waals surface area (Å²) in [6.45, 7) is 0.452. The maximum atomic E-state index is 12.8. The standard InChI is InChI=1S/C24H16BrNO3S2/c25-19-8-4-7-18(14-19)23(28)29-20-11-9-16(10-12-20)13-21-22(27)26(24(30)31-21)15-17-5-2-1-3-6-17/h1-14H,15H2/b21-13-. The largest absolute Gasteiger partial charge is 0.423 e. The average Bonchev–Trinajstić information content (AvgIpc) is 3.03. The number of halogens is 1. The van der Waals surface area contributed by atoms with E-state index in [9.17, 15) is 9.59 Å². The molecule has 0 saturated carbocycles. The highest BCUT2D eigenvalue weighted by Gasteiger charge is 2.31. The molecule has 3 aromatic rings. The first-order chi connectivity index (χ1) is 15.0. The molecule has 1 aliphatic heterocycles. The molecular formula is C24H16BrNO3S2. The molecule has 1 fully saturated rings. The third-order valence-electron chi connectivity index (χ3n) is 4.51. The fraction of sp³-hybridized carbons (Fsp3) is 0.0417. The number of ether oxygens (including phenoxy) is 1. The van der Waals surface area contributed by atoms with E-state index in [4.69, 9.17) is 17.0 Å². The van der Waals surface area contributed by atoms with E-state index in [2.05, 4.69) is 15.9 Å². The third-order valence-corrected chi connectivity index (χ3v) is 6.38. The van der Waals surface area contributed by atoms with Crippen LogP contribution in [0.25, 0.3) is 6.08 Å². The van der Waals surface area contributed by atoms with Gasteiger partial charge >= 0.3 is 5.97 Å². The number of thioether (sulfide) groups is 1. The first-order valence-electron chi connectivity index (χ1n) is 9.37. The Morgan fingerprint density at radius 1 is 1.03 bits per heavy atom. The minimum Gasteiger partial charge on any atom is -0.423 e. The number of esters is 1. The monoisotopic (exact) mass is 509 g/mol. The van der Waals surface area contributed by atoms with E-state index in [0.29, 0.717) is 27.1 Å². The van der Waals surface area contributed by atoms with Gasteiger partial charge in [-0.3, -0.25) is 9.69 Å². The van der Waals surface area contributed by atoms with Crippen molar-refractivity contribution in [2.45, 2.75) is 6.54 Å². The summed E-state index contributed by atoms with van der Waals surface area (Å²) < 4.78 is 6.77. The molecule has 3 aromatic carbocycles. The van der Waals surface area contributed by atoms with Gasteiger partial charge in [-0.25, -0.2) is 4.79 Å². The fourth-order valence-corrected chi connectivity index (χ4v) is 4.62. The van der Waals surface area contributed by atoms with Gasteiger partial charge in [-0.1, -0.05) is 88.4 Å². The number of carbonyl (C=O) groups is 2. The van der Waals surface area contributed by atoms with Gasteiger partial charge in [0, 0.05) is 4.47 Å². The van der Waals surface area contributed by atoms with Crippen molar-refractivity contribution in [1.29, 1.82) is 0 Å². The van der Waals surface area contributed by atoms with Gasteiger partial charge in [0.2, 0.25) is 0 Å². The van der Waals surface area contributed by atoms with E-state index < -0.39 is 5.97 Å². The number of nitrogens with zero attached hydrogens (tertiary/aromatic N) is 1. The van der Waals surface area contributed by atoms with Crippen molar-refractivity contribution in [2.24, 2.45) is 0 Å². The summed E-state index contributed by atoms with van der Waals surface area (Å²) in [5, 5.41) is 0. The number of benzene rings is 3. The van der Waals surface area contributed by atoms with Crippen molar-refractivity contribution in [3.63, 3.8) is 0 Å². The van der Waals surface area contributed by atoms with Crippen LogP contribution in [0.5, 0.6) is 5.75 Å². The van der Waals surface area contributed by atoms with E-state index in [1.807, 2.05) is 36.4 Å². The average molecular weight is 510 g/mol. The lowest BCUT2D eigenvalue weighted by Crippen LogP contribution is -2.27. The maximum absolute atomic E-state index is 12.8. The lowest BCUT2D eigenvalue weighted by molar-refractivity contribution is -0.122. The van der Waals surface area contributed by atoms with Gasteiger partial charge in [0.05, 0.1) is 17.0 Å². The second-order valence-corrected chi connectivity index (χ2v) is 9.31. The summed E-state index contributed by atoms with van der Waals surface area (Å²) in [4.78, 5) is 27.2. The molecule has 154 valence electrons. The summed E-state index contributed by atoms with van der Waals surface area (Å²) in [5.41, 5.74) is 2.31. The van der Waals surface area contributed by atoms with Gasteiger partial charge in [-0.15, -0.1) is 0 Å².